The molecule has 0 atom stereocenters. The fourth-order valence-corrected chi connectivity index (χ4v) is 3.10. The molecular formula is C17H19N3O5S. The summed E-state index contributed by atoms with van der Waals surface area (Å²) < 4.78 is 33.1. The number of sulfonamides is 1. The topological polar surface area (TPSA) is 111 Å². The molecule has 3 rings (SSSR count). The highest BCUT2D eigenvalue weighted by molar-refractivity contribution is 7.89. The Kier molecular flexibility index (Phi) is 5.12. The molecule has 1 aliphatic rings. The summed E-state index contributed by atoms with van der Waals surface area (Å²) in [5.41, 5.74) is 1.50. The molecule has 8 nitrogen and oxygen atoms in total. The van der Waals surface area contributed by atoms with Crippen LogP contribution in [0.15, 0.2) is 47.4 Å². The molecule has 138 valence electrons. The van der Waals surface area contributed by atoms with Gasteiger partial charge < -0.3 is 14.8 Å². The first-order valence-corrected chi connectivity index (χ1v) is 9.36. The van der Waals surface area contributed by atoms with Gasteiger partial charge in [-0.25, -0.2) is 13.6 Å². The zero-order valence-corrected chi connectivity index (χ0v) is 15.0. The van der Waals surface area contributed by atoms with E-state index >= 15 is 0 Å². The number of carbonyl (C=O) groups excluding carboxylic acids is 1. The highest BCUT2D eigenvalue weighted by atomic mass is 32.2. The van der Waals surface area contributed by atoms with Crippen molar-refractivity contribution >= 4 is 21.6 Å². The second-order valence-electron chi connectivity index (χ2n) is 5.98. The molecule has 1 amide bonds. The van der Waals surface area contributed by atoms with Crippen molar-refractivity contribution < 1.29 is 22.7 Å². The van der Waals surface area contributed by atoms with Gasteiger partial charge in [-0.3, -0.25) is 9.69 Å². The molecule has 2 aromatic carbocycles. The van der Waals surface area contributed by atoms with Crippen LogP contribution in [0.5, 0.6) is 11.5 Å². The zero-order valence-electron chi connectivity index (χ0n) is 14.1. The number of hydrogen-bond donors (Lipinski definition) is 2. The summed E-state index contributed by atoms with van der Waals surface area (Å²) in [6.07, 6.45) is 0. The number of likely N-dealkylation sites (N-methyl/N-ethyl adjacent to an activating group) is 1. The molecule has 0 aliphatic carbocycles. The van der Waals surface area contributed by atoms with Gasteiger partial charge in [-0.2, -0.15) is 0 Å². The molecule has 26 heavy (non-hydrogen) atoms. The minimum absolute atomic E-state index is 0.00424. The molecule has 0 bridgehead atoms. The van der Waals surface area contributed by atoms with Crippen molar-refractivity contribution in [2.24, 2.45) is 5.14 Å². The Bertz CT molecular complexity index is 912. The number of fused-ring (bicyclic) bond motifs is 1. The number of nitrogens with one attached hydrogen (secondary N) is 1. The van der Waals surface area contributed by atoms with Crippen LogP contribution in [0.4, 0.5) is 5.69 Å². The van der Waals surface area contributed by atoms with Gasteiger partial charge in [0.25, 0.3) is 0 Å². The van der Waals surface area contributed by atoms with Gasteiger partial charge in [-0.1, -0.05) is 6.07 Å². The van der Waals surface area contributed by atoms with Gasteiger partial charge in [0.1, 0.15) is 0 Å². The second kappa shape index (κ2) is 7.32. The summed E-state index contributed by atoms with van der Waals surface area (Å²) >= 11 is 0. The number of hydrogen-bond acceptors (Lipinski definition) is 6. The Hall–Kier alpha value is -2.62. The summed E-state index contributed by atoms with van der Waals surface area (Å²) in [7, 11) is -1.92. The van der Waals surface area contributed by atoms with Gasteiger partial charge in [-0.05, 0) is 49.0 Å². The van der Waals surface area contributed by atoms with Crippen molar-refractivity contribution in [1.82, 2.24) is 4.90 Å². The van der Waals surface area contributed by atoms with Crippen LogP contribution in [0.3, 0.4) is 0 Å². The number of carbonyl (C=O) groups is 1. The molecular weight excluding hydrogens is 358 g/mol. The predicted octanol–water partition coefficient (Wildman–Crippen LogP) is 1.13. The van der Waals surface area contributed by atoms with Gasteiger partial charge in [0, 0.05) is 12.2 Å². The SMILES string of the molecule is CN(CC(=O)Nc1ccc(S(N)(=O)=O)cc1)Cc1ccc2c(c1)OCO2. The van der Waals surface area contributed by atoms with Crippen molar-refractivity contribution in [1.29, 1.82) is 0 Å². The number of ether oxygens (including phenoxy) is 2. The van der Waals surface area contributed by atoms with E-state index < -0.39 is 10.0 Å². The second-order valence-corrected chi connectivity index (χ2v) is 7.54. The van der Waals surface area contributed by atoms with E-state index in [0.29, 0.717) is 18.0 Å². The van der Waals surface area contributed by atoms with Crippen LogP contribution in [-0.2, 0) is 21.4 Å². The molecule has 0 fully saturated rings. The van der Waals surface area contributed by atoms with Gasteiger partial charge in [-0.15, -0.1) is 0 Å². The lowest BCUT2D eigenvalue weighted by molar-refractivity contribution is -0.117. The van der Waals surface area contributed by atoms with Gasteiger partial charge in [0.05, 0.1) is 11.4 Å². The van der Waals surface area contributed by atoms with Crippen molar-refractivity contribution in [2.45, 2.75) is 11.4 Å². The molecule has 0 saturated carbocycles. The highest BCUT2D eigenvalue weighted by Crippen LogP contribution is 2.32. The maximum absolute atomic E-state index is 12.1. The zero-order chi connectivity index (χ0) is 18.7. The Morgan fingerprint density at radius 1 is 1.15 bits per heavy atom. The fourth-order valence-electron chi connectivity index (χ4n) is 2.58. The maximum atomic E-state index is 12.1. The van der Waals surface area contributed by atoms with Crippen molar-refractivity contribution in [3.8, 4) is 11.5 Å². The first-order valence-electron chi connectivity index (χ1n) is 7.81. The number of nitrogens with two attached hydrogens (primary N) is 1. The van der Waals surface area contributed by atoms with E-state index in [4.69, 9.17) is 14.6 Å². The Labute approximate surface area is 151 Å². The third-order valence-electron chi connectivity index (χ3n) is 3.77. The van der Waals surface area contributed by atoms with Crippen LogP contribution in [-0.4, -0.2) is 39.6 Å². The summed E-state index contributed by atoms with van der Waals surface area (Å²) in [4.78, 5) is 14.0. The summed E-state index contributed by atoms with van der Waals surface area (Å²) in [6, 6.07) is 11.3. The number of primary sulfonamides is 1. The van der Waals surface area contributed by atoms with Gasteiger partial charge in [0.2, 0.25) is 22.7 Å². The summed E-state index contributed by atoms with van der Waals surface area (Å²) in [5.74, 6) is 1.21. The highest BCUT2D eigenvalue weighted by Gasteiger charge is 2.15. The molecule has 1 aliphatic heterocycles. The first-order chi connectivity index (χ1) is 12.3. The Morgan fingerprint density at radius 2 is 1.85 bits per heavy atom. The largest absolute Gasteiger partial charge is 0.454 e. The molecule has 9 heteroatoms. The Morgan fingerprint density at radius 3 is 2.54 bits per heavy atom. The molecule has 2 aromatic rings. The van der Waals surface area contributed by atoms with Crippen molar-refractivity contribution in [3.63, 3.8) is 0 Å². The van der Waals surface area contributed by atoms with Crippen molar-refractivity contribution in [2.75, 3.05) is 25.7 Å². The lowest BCUT2D eigenvalue weighted by Gasteiger charge is -2.16. The fraction of sp³-hybridized carbons (Fsp3) is 0.235. The monoisotopic (exact) mass is 377 g/mol. The van der Waals surface area contributed by atoms with Crippen LogP contribution in [0.2, 0.25) is 0 Å². The Balaban J connectivity index is 1.54. The average Bonchev–Trinajstić information content (AvgIpc) is 3.01. The number of rotatable bonds is 6. The minimum atomic E-state index is -3.75. The molecule has 3 N–H and O–H groups in total. The molecule has 1 heterocycles. The number of nitrogens with zero attached hydrogens (tertiary/aromatic N) is 1. The molecule has 0 aromatic heterocycles. The van der Waals surface area contributed by atoms with Crippen LogP contribution in [0, 0.1) is 0 Å². The number of anilines is 1. The number of amides is 1. The van der Waals surface area contributed by atoms with E-state index in [9.17, 15) is 13.2 Å². The van der Waals surface area contributed by atoms with Gasteiger partial charge in [0.15, 0.2) is 11.5 Å². The van der Waals surface area contributed by atoms with Crippen LogP contribution >= 0.6 is 0 Å². The predicted molar refractivity (Wildman–Crippen MR) is 95.3 cm³/mol. The number of benzene rings is 2. The van der Waals surface area contributed by atoms with E-state index in [1.165, 1.54) is 24.3 Å². The molecule has 0 unspecified atom stereocenters. The first kappa shape index (κ1) is 18.2. The lowest BCUT2D eigenvalue weighted by atomic mass is 10.2. The summed E-state index contributed by atoms with van der Waals surface area (Å²) in [6.45, 7) is 0.959. The van der Waals surface area contributed by atoms with E-state index in [1.807, 2.05) is 30.1 Å². The smallest absolute Gasteiger partial charge is 0.238 e. The third-order valence-corrected chi connectivity index (χ3v) is 4.70. The standard InChI is InChI=1S/C17H19N3O5S/c1-20(9-12-2-7-15-16(8-12)25-11-24-15)10-17(21)19-13-3-5-14(6-4-13)26(18,22)23/h2-8H,9-11H2,1H3,(H,19,21)(H2,18,22,23). The quantitative estimate of drug-likeness (QED) is 0.781. The molecule has 0 saturated heterocycles. The van der Waals surface area contributed by atoms with Crippen LogP contribution in [0.25, 0.3) is 0 Å². The van der Waals surface area contributed by atoms with Crippen LogP contribution in [0.1, 0.15) is 5.56 Å². The van der Waals surface area contributed by atoms with Crippen molar-refractivity contribution in [3.05, 3.63) is 48.0 Å². The van der Waals surface area contributed by atoms with E-state index in [-0.39, 0.29) is 24.1 Å². The summed E-state index contributed by atoms with van der Waals surface area (Å²) in [5, 5.41) is 7.76. The van der Waals surface area contributed by atoms with E-state index in [1.54, 1.807) is 0 Å². The normalized spacial score (nSPS) is 13.0. The molecule has 0 spiro atoms. The average molecular weight is 377 g/mol. The molecule has 0 radical (unpaired) electrons. The lowest BCUT2D eigenvalue weighted by Crippen LogP contribution is -2.29. The van der Waals surface area contributed by atoms with E-state index in [2.05, 4.69) is 5.32 Å². The maximum Gasteiger partial charge on any atom is 0.238 e. The van der Waals surface area contributed by atoms with Crippen LogP contribution < -0.4 is 19.9 Å². The van der Waals surface area contributed by atoms with Gasteiger partial charge >= 0.3 is 0 Å². The minimum Gasteiger partial charge on any atom is -0.454 e. The van der Waals surface area contributed by atoms with E-state index in [0.717, 1.165) is 11.3 Å². The third kappa shape index (κ3) is 4.51.